The molecule has 1 fully saturated rings. The van der Waals surface area contributed by atoms with Gasteiger partial charge in [0.15, 0.2) is 34.6 Å². The lowest BCUT2D eigenvalue weighted by molar-refractivity contribution is -0.207. The lowest BCUT2D eigenvalue weighted by Gasteiger charge is -2.46. The third kappa shape index (κ3) is 1.53. The van der Waals surface area contributed by atoms with Crippen LogP contribution in [0.2, 0.25) is 0 Å². The lowest BCUT2D eigenvalue weighted by atomic mass is 9.73. The normalized spacial score (nSPS) is 36.3. The second-order valence-electron chi connectivity index (χ2n) is 6.31. The summed E-state index contributed by atoms with van der Waals surface area (Å²) in [7, 11) is 0. The first-order chi connectivity index (χ1) is 11.0. The quantitative estimate of drug-likeness (QED) is 0.714. The predicted octanol–water partition coefficient (Wildman–Crippen LogP) is 0.372. The number of rotatable bonds is 0. The number of hydrogen-bond donors (Lipinski definition) is 2. The summed E-state index contributed by atoms with van der Waals surface area (Å²) in [4.78, 5) is 11.6. The zero-order chi connectivity index (χ0) is 15.8. The van der Waals surface area contributed by atoms with Crippen molar-refractivity contribution >= 4 is 5.78 Å². The summed E-state index contributed by atoms with van der Waals surface area (Å²) in [5, 5.41) is 22.2. The standard InChI is InChI=1S/C16H14O7/c17-8-1-2-15(18)13(3-8)20-6-16(19)9-4-11-12(22-7-21-11)5-10(9)23-14(15)16/h3-5,14,18-19H,1-2,6-7H2. The zero-order valence-corrected chi connectivity index (χ0v) is 12.1. The second-order valence-corrected chi connectivity index (χ2v) is 6.31. The van der Waals surface area contributed by atoms with Crippen LogP contribution in [0.4, 0.5) is 0 Å². The molecule has 3 aliphatic heterocycles. The third-order valence-electron chi connectivity index (χ3n) is 4.97. The van der Waals surface area contributed by atoms with Gasteiger partial charge >= 0.3 is 0 Å². The van der Waals surface area contributed by atoms with E-state index >= 15 is 0 Å². The van der Waals surface area contributed by atoms with Crippen LogP contribution in [-0.2, 0) is 15.1 Å². The summed E-state index contributed by atoms with van der Waals surface area (Å²) in [6, 6.07) is 3.31. The molecule has 1 saturated heterocycles. The number of carbonyl (C=O) groups is 1. The van der Waals surface area contributed by atoms with Crippen molar-refractivity contribution in [3.63, 3.8) is 0 Å². The third-order valence-corrected chi connectivity index (χ3v) is 4.97. The van der Waals surface area contributed by atoms with Crippen molar-refractivity contribution in [2.45, 2.75) is 30.1 Å². The fraction of sp³-hybridized carbons (Fsp3) is 0.438. The molecule has 3 unspecified atom stereocenters. The van der Waals surface area contributed by atoms with E-state index in [1.807, 2.05) is 0 Å². The summed E-state index contributed by atoms with van der Waals surface area (Å²) in [6.45, 7) is 0.0151. The molecule has 1 aromatic rings. The van der Waals surface area contributed by atoms with Crippen LogP contribution in [0, 0.1) is 0 Å². The molecule has 0 aromatic heterocycles. The first kappa shape index (κ1) is 13.2. The summed E-state index contributed by atoms with van der Waals surface area (Å²) in [6.07, 6.45) is 0.673. The van der Waals surface area contributed by atoms with E-state index in [0.717, 1.165) is 0 Å². The topological polar surface area (TPSA) is 94.5 Å². The van der Waals surface area contributed by atoms with Gasteiger partial charge in [-0.25, -0.2) is 0 Å². The average Bonchev–Trinajstić information content (AvgIpc) is 3.09. The summed E-state index contributed by atoms with van der Waals surface area (Å²) >= 11 is 0. The Kier molecular flexibility index (Phi) is 2.29. The van der Waals surface area contributed by atoms with Crippen LogP contribution in [0.15, 0.2) is 24.0 Å². The molecular formula is C16H14O7. The number of ether oxygens (including phenoxy) is 4. The van der Waals surface area contributed by atoms with E-state index in [4.69, 9.17) is 18.9 Å². The number of hydrogen-bond acceptors (Lipinski definition) is 7. The van der Waals surface area contributed by atoms with Gasteiger partial charge in [-0.2, -0.15) is 0 Å². The molecule has 120 valence electrons. The molecule has 4 aliphatic rings. The molecule has 7 nitrogen and oxygen atoms in total. The SMILES string of the molecule is O=C1C=C2OCC3(O)c4cc5c(cc4OC3C2(O)CC1)OCO5. The minimum Gasteiger partial charge on any atom is -0.491 e. The minimum atomic E-state index is -1.54. The predicted molar refractivity (Wildman–Crippen MR) is 74.1 cm³/mol. The van der Waals surface area contributed by atoms with Crippen LogP contribution in [-0.4, -0.2) is 41.1 Å². The molecule has 0 amide bonds. The zero-order valence-electron chi connectivity index (χ0n) is 12.1. The van der Waals surface area contributed by atoms with Gasteiger partial charge in [0.2, 0.25) is 6.79 Å². The Labute approximate surface area is 131 Å². The van der Waals surface area contributed by atoms with Crippen molar-refractivity contribution in [2.75, 3.05) is 13.4 Å². The van der Waals surface area contributed by atoms with Gasteiger partial charge in [-0.05, 0) is 12.5 Å². The highest BCUT2D eigenvalue weighted by atomic mass is 16.7. The molecule has 7 heteroatoms. The van der Waals surface area contributed by atoms with Crippen molar-refractivity contribution in [3.8, 4) is 17.2 Å². The van der Waals surface area contributed by atoms with Crippen LogP contribution in [0.25, 0.3) is 0 Å². The fourth-order valence-corrected chi connectivity index (χ4v) is 3.77. The Balaban J connectivity index is 1.64. The van der Waals surface area contributed by atoms with Gasteiger partial charge in [0, 0.05) is 24.1 Å². The monoisotopic (exact) mass is 318 g/mol. The molecule has 0 spiro atoms. The molecule has 5 rings (SSSR count). The Morgan fingerprint density at radius 3 is 2.65 bits per heavy atom. The number of allylic oxidation sites excluding steroid dienone is 1. The Bertz CT molecular complexity index is 770. The number of ketones is 1. The highest BCUT2D eigenvalue weighted by molar-refractivity contribution is 5.91. The van der Waals surface area contributed by atoms with Gasteiger partial charge < -0.3 is 29.2 Å². The molecule has 3 heterocycles. The van der Waals surface area contributed by atoms with Gasteiger partial charge in [-0.15, -0.1) is 0 Å². The highest BCUT2D eigenvalue weighted by Gasteiger charge is 2.64. The van der Waals surface area contributed by atoms with Crippen LogP contribution in [0.1, 0.15) is 18.4 Å². The van der Waals surface area contributed by atoms with E-state index in [1.165, 1.54) is 6.08 Å². The highest BCUT2D eigenvalue weighted by Crippen LogP contribution is 2.55. The van der Waals surface area contributed by atoms with E-state index in [-0.39, 0.29) is 37.8 Å². The van der Waals surface area contributed by atoms with E-state index in [1.54, 1.807) is 12.1 Å². The number of benzene rings is 1. The first-order valence-corrected chi connectivity index (χ1v) is 7.44. The van der Waals surface area contributed by atoms with Crippen LogP contribution < -0.4 is 14.2 Å². The maximum Gasteiger partial charge on any atom is 0.231 e. The van der Waals surface area contributed by atoms with Crippen molar-refractivity contribution in [1.29, 1.82) is 0 Å². The first-order valence-electron chi connectivity index (χ1n) is 7.44. The molecule has 0 bridgehead atoms. The Morgan fingerprint density at radius 1 is 1.04 bits per heavy atom. The van der Waals surface area contributed by atoms with Crippen molar-refractivity contribution < 1.29 is 34.0 Å². The molecule has 0 saturated carbocycles. The van der Waals surface area contributed by atoms with Gasteiger partial charge in [-0.1, -0.05) is 0 Å². The summed E-state index contributed by atoms with van der Waals surface area (Å²) in [5.74, 6) is 1.54. The Hall–Kier alpha value is -2.25. The van der Waals surface area contributed by atoms with Gasteiger partial charge in [-0.3, -0.25) is 4.79 Å². The van der Waals surface area contributed by atoms with E-state index < -0.39 is 17.3 Å². The molecular weight excluding hydrogens is 304 g/mol. The van der Waals surface area contributed by atoms with Crippen molar-refractivity contribution in [3.05, 3.63) is 29.5 Å². The van der Waals surface area contributed by atoms with Crippen LogP contribution in [0.3, 0.4) is 0 Å². The maximum absolute atomic E-state index is 11.6. The average molecular weight is 318 g/mol. The van der Waals surface area contributed by atoms with E-state index in [0.29, 0.717) is 22.8 Å². The van der Waals surface area contributed by atoms with Gasteiger partial charge in [0.05, 0.1) is 0 Å². The van der Waals surface area contributed by atoms with E-state index in [2.05, 4.69) is 0 Å². The largest absolute Gasteiger partial charge is 0.491 e. The van der Waals surface area contributed by atoms with Gasteiger partial charge in [0.1, 0.15) is 18.1 Å². The fourth-order valence-electron chi connectivity index (χ4n) is 3.77. The second kappa shape index (κ2) is 3.98. The van der Waals surface area contributed by atoms with Crippen molar-refractivity contribution in [2.24, 2.45) is 0 Å². The molecule has 23 heavy (non-hydrogen) atoms. The molecule has 2 N–H and O–H groups in total. The number of carbonyl (C=O) groups excluding carboxylic acids is 1. The number of aliphatic hydroxyl groups is 2. The molecule has 1 aromatic carbocycles. The van der Waals surface area contributed by atoms with Crippen molar-refractivity contribution in [1.82, 2.24) is 0 Å². The molecule has 0 radical (unpaired) electrons. The van der Waals surface area contributed by atoms with Gasteiger partial charge in [0.25, 0.3) is 0 Å². The molecule has 1 aliphatic carbocycles. The summed E-state index contributed by atoms with van der Waals surface area (Å²) in [5.41, 5.74) is -2.55. The lowest BCUT2D eigenvalue weighted by Crippen LogP contribution is -2.62. The number of fused-ring (bicyclic) bond motifs is 6. The Morgan fingerprint density at radius 2 is 1.83 bits per heavy atom. The van der Waals surface area contributed by atoms with E-state index in [9.17, 15) is 15.0 Å². The molecule has 3 atom stereocenters. The smallest absolute Gasteiger partial charge is 0.231 e. The summed E-state index contributed by atoms with van der Waals surface area (Å²) < 4.78 is 22.1. The van der Waals surface area contributed by atoms with Crippen LogP contribution >= 0.6 is 0 Å². The maximum atomic E-state index is 11.6. The minimum absolute atomic E-state index is 0.105. The van der Waals surface area contributed by atoms with Crippen LogP contribution in [0.5, 0.6) is 17.2 Å².